The first-order chi connectivity index (χ1) is 15.2. The monoisotopic (exact) mass is 477 g/mol. The van der Waals surface area contributed by atoms with E-state index in [0.29, 0.717) is 34.6 Å². The van der Waals surface area contributed by atoms with E-state index in [2.05, 4.69) is 13.8 Å². The number of nitrogens with zero attached hydrogens (tertiary/aromatic N) is 3. The zero-order valence-electron chi connectivity index (χ0n) is 19.2. The van der Waals surface area contributed by atoms with Gasteiger partial charge in [-0.2, -0.15) is 0 Å². The quantitative estimate of drug-likeness (QED) is 0.482. The summed E-state index contributed by atoms with van der Waals surface area (Å²) >= 11 is 12.3. The molecule has 1 heterocycles. The van der Waals surface area contributed by atoms with E-state index in [1.807, 2.05) is 34.8 Å². The molecule has 0 spiro atoms. The highest BCUT2D eigenvalue weighted by Crippen LogP contribution is 2.26. The molecule has 0 N–H and O–H groups in total. The van der Waals surface area contributed by atoms with Gasteiger partial charge in [0.05, 0.1) is 6.54 Å². The Labute approximate surface area is 201 Å². The molecule has 32 heavy (non-hydrogen) atoms. The largest absolute Gasteiger partial charge is 0.353 e. The number of halogens is 2. The summed E-state index contributed by atoms with van der Waals surface area (Å²) in [4.78, 5) is 30.7. The maximum atomic E-state index is 13.5. The van der Waals surface area contributed by atoms with E-state index >= 15 is 0 Å². The Bertz CT molecular complexity index is 915. The van der Waals surface area contributed by atoms with Gasteiger partial charge in [0.2, 0.25) is 5.91 Å². The summed E-state index contributed by atoms with van der Waals surface area (Å²) in [6.07, 6.45) is 7.11. The Morgan fingerprint density at radius 2 is 1.75 bits per heavy atom. The van der Waals surface area contributed by atoms with Gasteiger partial charge in [0.15, 0.2) is 0 Å². The highest BCUT2D eigenvalue weighted by atomic mass is 35.5. The van der Waals surface area contributed by atoms with Gasteiger partial charge in [-0.1, -0.05) is 56.3 Å². The third-order valence-corrected chi connectivity index (χ3v) is 6.47. The lowest BCUT2D eigenvalue weighted by Gasteiger charge is -2.36. The average Bonchev–Trinajstić information content (AvgIpc) is 3.15. The molecular formula is C25H33Cl2N3O2. The second kappa shape index (κ2) is 11.2. The van der Waals surface area contributed by atoms with Crippen molar-refractivity contribution in [2.75, 3.05) is 13.1 Å². The molecular weight excluding hydrogens is 445 g/mol. The average molecular weight is 478 g/mol. The normalized spacial score (nSPS) is 14.6. The molecule has 0 bridgehead atoms. The Morgan fingerprint density at radius 1 is 1.09 bits per heavy atom. The van der Waals surface area contributed by atoms with Crippen LogP contribution in [0.15, 0.2) is 36.5 Å². The number of aromatic nitrogens is 1. The number of hydrogen-bond acceptors (Lipinski definition) is 2. The van der Waals surface area contributed by atoms with Crippen molar-refractivity contribution in [2.24, 2.45) is 13.0 Å². The Kier molecular flexibility index (Phi) is 8.66. The summed E-state index contributed by atoms with van der Waals surface area (Å²) in [6.45, 7) is 5.42. The zero-order valence-corrected chi connectivity index (χ0v) is 20.7. The van der Waals surface area contributed by atoms with Crippen LogP contribution in [0.25, 0.3) is 0 Å². The summed E-state index contributed by atoms with van der Waals surface area (Å²) in [7, 11) is 1.98. The van der Waals surface area contributed by atoms with Crippen LogP contribution in [0.2, 0.25) is 10.0 Å². The first-order valence-electron chi connectivity index (χ1n) is 11.4. The van der Waals surface area contributed by atoms with Gasteiger partial charge in [0.1, 0.15) is 6.54 Å². The molecule has 1 aromatic carbocycles. The summed E-state index contributed by atoms with van der Waals surface area (Å²) < 4.78 is 2.03. The van der Waals surface area contributed by atoms with Crippen LogP contribution in [0.4, 0.5) is 0 Å². The fourth-order valence-electron chi connectivity index (χ4n) is 4.40. The molecule has 2 amide bonds. The maximum absolute atomic E-state index is 13.5. The number of aryl methyl sites for hydroxylation is 1. The minimum absolute atomic E-state index is 0.0352. The molecule has 0 saturated heterocycles. The van der Waals surface area contributed by atoms with Gasteiger partial charge in [-0.15, -0.1) is 0 Å². The van der Waals surface area contributed by atoms with Gasteiger partial charge in [-0.05, 0) is 49.1 Å². The van der Waals surface area contributed by atoms with E-state index in [0.717, 1.165) is 31.4 Å². The van der Waals surface area contributed by atoms with Gasteiger partial charge in [-0.3, -0.25) is 9.59 Å². The molecule has 7 heteroatoms. The molecule has 1 saturated carbocycles. The van der Waals surface area contributed by atoms with Crippen LogP contribution in [0.1, 0.15) is 62.0 Å². The van der Waals surface area contributed by atoms with Crippen molar-refractivity contribution in [3.05, 3.63) is 57.8 Å². The van der Waals surface area contributed by atoms with Crippen LogP contribution >= 0.6 is 23.2 Å². The predicted octanol–water partition coefficient (Wildman–Crippen LogP) is 5.79. The molecule has 2 aromatic rings. The van der Waals surface area contributed by atoms with Crippen molar-refractivity contribution in [1.82, 2.24) is 14.4 Å². The Balaban J connectivity index is 1.85. The number of benzene rings is 1. The highest BCUT2D eigenvalue weighted by molar-refractivity contribution is 6.35. The van der Waals surface area contributed by atoms with Crippen molar-refractivity contribution in [3.8, 4) is 0 Å². The van der Waals surface area contributed by atoms with E-state index < -0.39 is 0 Å². The fraction of sp³-hybridized carbons (Fsp3) is 0.520. The zero-order chi connectivity index (χ0) is 23.3. The summed E-state index contributed by atoms with van der Waals surface area (Å²) in [6, 6.07) is 8.93. The SMILES string of the molecule is CC(C)CN(Cc1cccn1C)C(=O)CN(C(=O)c1cc(Cl)cc(Cl)c1)C1CCCCC1. The van der Waals surface area contributed by atoms with E-state index in [4.69, 9.17) is 23.2 Å². The second-order valence-corrected chi connectivity index (χ2v) is 10.0. The molecule has 0 unspecified atom stereocenters. The summed E-state index contributed by atoms with van der Waals surface area (Å²) in [5.41, 5.74) is 1.50. The van der Waals surface area contributed by atoms with E-state index in [9.17, 15) is 9.59 Å². The highest BCUT2D eigenvalue weighted by Gasteiger charge is 2.30. The van der Waals surface area contributed by atoms with Gasteiger partial charge in [0.25, 0.3) is 5.91 Å². The van der Waals surface area contributed by atoms with Crippen LogP contribution < -0.4 is 0 Å². The van der Waals surface area contributed by atoms with E-state index in [-0.39, 0.29) is 24.4 Å². The standard InChI is InChI=1S/C25H33Cl2N3O2/c1-18(2)15-29(16-23-10-7-11-28(23)3)24(31)17-30(22-8-5-4-6-9-22)25(32)19-12-20(26)14-21(27)13-19/h7,10-14,18,22H,4-6,8-9,15-17H2,1-3H3. The van der Waals surface area contributed by atoms with Crippen molar-refractivity contribution in [3.63, 3.8) is 0 Å². The number of hydrogen-bond donors (Lipinski definition) is 0. The van der Waals surface area contributed by atoms with Crippen LogP contribution in [-0.2, 0) is 18.4 Å². The van der Waals surface area contributed by atoms with Crippen molar-refractivity contribution in [2.45, 2.75) is 58.5 Å². The third kappa shape index (κ3) is 6.52. The van der Waals surface area contributed by atoms with Gasteiger partial charge in [0, 0.05) is 47.1 Å². The first-order valence-corrected chi connectivity index (χ1v) is 12.1. The molecule has 1 aliphatic rings. The lowest BCUT2D eigenvalue weighted by Crippen LogP contribution is -2.48. The molecule has 0 aliphatic heterocycles. The summed E-state index contributed by atoms with van der Waals surface area (Å²) in [5.74, 6) is 0.106. The maximum Gasteiger partial charge on any atom is 0.254 e. The van der Waals surface area contributed by atoms with Gasteiger partial charge >= 0.3 is 0 Å². The minimum atomic E-state index is -0.182. The molecule has 174 valence electrons. The first kappa shape index (κ1) is 24.7. The van der Waals surface area contributed by atoms with Crippen LogP contribution in [0.3, 0.4) is 0 Å². The van der Waals surface area contributed by atoms with Crippen molar-refractivity contribution < 1.29 is 9.59 Å². The lowest BCUT2D eigenvalue weighted by molar-refractivity contribution is -0.133. The van der Waals surface area contributed by atoms with E-state index in [1.165, 1.54) is 6.42 Å². The van der Waals surface area contributed by atoms with Gasteiger partial charge in [-0.25, -0.2) is 0 Å². The number of carbonyl (C=O) groups excluding carboxylic acids is 2. The fourth-order valence-corrected chi connectivity index (χ4v) is 4.93. The number of amides is 2. The van der Waals surface area contributed by atoms with Crippen LogP contribution in [0.5, 0.6) is 0 Å². The molecule has 3 rings (SSSR count). The van der Waals surface area contributed by atoms with Crippen LogP contribution in [0, 0.1) is 5.92 Å². The third-order valence-electron chi connectivity index (χ3n) is 6.03. The second-order valence-electron chi connectivity index (χ2n) is 9.16. The van der Waals surface area contributed by atoms with Gasteiger partial charge < -0.3 is 14.4 Å². The number of carbonyl (C=O) groups is 2. The van der Waals surface area contributed by atoms with Crippen molar-refractivity contribution in [1.29, 1.82) is 0 Å². The molecule has 5 nitrogen and oxygen atoms in total. The van der Waals surface area contributed by atoms with Crippen molar-refractivity contribution >= 4 is 35.0 Å². The smallest absolute Gasteiger partial charge is 0.254 e. The molecule has 0 atom stereocenters. The molecule has 1 aromatic heterocycles. The molecule has 1 aliphatic carbocycles. The summed E-state index contributed by atoms with van der Waals surface area (Å²) in [5, 5.41) is 0.835. The minimum Gasteiger partial charge on any atom is -0.353 e. The topological polar surface area (TPSA) is 45.6 Å². The lowest BCUT2D eigenvalue weighted by atomic mass is 9.93. The predicted molar refractivity (Wildman–Crippen MR) is 130 cm³/mol. The molecule has 1 fully saturated rings. The van der Waals surface area contributed by atoms with E-state index in [1.54, 1.807) is 23.1 Å². The van der Waals surface area contributed by atoms with Crippen LogP contribution in [-0.4, -0.2) is 45.3 Å². The molecule has 0 radical (unpaired) electrons. The Hall–Kier alpha value is -1.98. The number of rotatable bonds is 8. The Morgan fingerprint density at radius 3 is 2.31 bits per heavy atom.